The number of fused-ring (bicyclic) bond motifs is 1. The Morgan fingerprint density at radius 3 is 2.64 bits per heavy atom. The molecular formula is C8H15BN2. The van der Waals surface area contributed by atoms with Crippen LogP contribution in [0.15, 0.2) is 0 Å². The van der Waals surface area contributed by atoms with E-state index in [1.54, 1.807) is 0 Å². The van der Waals surface area contributed by atoms with Crippen LogP contribution < -0.4 is 11.5 Å². The molecule has 4 N–H and O–H groups in total. The molecule has 2 nitrogen and oxygen atoms in total. The summed E-state index contributed by atoms with van der Waals surface area (Å²) in [6.45, 7) is 0. The van der Waals surface area contributed by atoms with Gasteiger partial charge in [-0.05, 0) is 24.1 Å². The molecule has 60 valence electrons. The van der Waals surface area contributed by atoms with Crippen molar-refractivity contribution in [3.8, 4) is 0 Å². The molecule has 11 heavy (non-hydrogen) atoms. The van der Waals surface area contributed by atoms with Gasteiger partial charge in [0.15, 0.2) is 0 Å². The molecule has 3 heteroatoms. The van der Waals surface area contributed by atoms with Gasteiger partial charge in [0.25, 0.3) is 0 Å². The van der Waals surface area contributed by atoms with Crippen molar-refractivity contribution in [1.82, 2.24) is 0 Å². The van der Waals surface area contributed by atoms with Crippen LogP contribution in [0.25, 0.3) is 0 Å². The van der Waals surface area contributed by atoms with Crippen molar-refractivity contribution in [2.75, 3.05) is 0 Å². The Morgan fingerprint density at radius 2 is 2.00 bits per heavy atom. The molecule has 0 amide bonds. The second-order valence-electron chi connectivity index (χ2n) is 4.14. The van der Waals surface area contributed by atoms with Gasteiger partial charge >= 0.3 is 0 Å². The van der Waals surface area contributed by atoms with Gasteiger partial charge in [0.1, 0.15) is 0 Å². The molecule has 0 aromatic rings. The van der Waals surface area contributed by atoms with Crippen molar-refractivity contribution in [1.29, 1.82) is 0 Å². The summed E-state index contributed by atoms with van der Waals surface area (Å²) in [5, 5.41) is 0. The highest BCUT2D eigenvalue weighted by atomic mass is 15.0. The molecule has 0 aliphatic heterocycles. The molecule has 0 aromatic heterocycles. The van der Waals surface area contributed by atoms with E-state index in [1.807, 2.05) is 0 Å². The molecule has 0 aromatic carbocycles. The van der Waals surface area contributed by atoms with Gasteiger partial charge in [-0.2, -0.15) is 0 Å². The van der Waals surface area contributed by atoms with E-state index in [0.29, 0.717) is 5.92 Å². The molecule has 2 aliphatic carbocycles. The van der Waals surface area contributed by atoms with Crippen LogP contribution in [-0.2, 0) is 0 Å². The van der Waals surface area contributed by atoms with E-state index in [0.717, 1.165) is 12.3 Å². The Balaban J connectivity index is 2.20. The number of nitrogens with two attached hydrogens (primary N) is 2. The highest BCUT2D eigenvalue weighted by Crippen LogP contribution is 2.50. The van der Waals surface area contributed by atoms with E-state index in [9.17, 15) is 0 Å². The van der Waals surface area contributed by atoms with Crippen LogP contribution in [0.2, 0.25) is 5.82 Å². The maximum atomic E-state index is 5.96. The van der Waals surface area contributed by atoms with Gasteiger partial charge in [-0.25, -0.2) is 0 Å². The maximum Gasteiger partial charge on any atom is 0.0743 e. The molecule has 2 rings (SSSR count). The van der Waals surface area contributed by atoms with Gasteiger partial charge in [-0.3, -0.25) is 0 Å². The molecule has 0 bridgehead atoms. The lowest BCUT2D eigenvalue weighted by molar-refractivity contribution is 0.303. The van der Waals surface area contributed by atoms with Crippen LogP contribution >= 0.6 is 0 Å². The Hall–Kier alpha value is -0.0151. The number of rotatable bonds is 0. The van der Waals surface area contributed by atoms with Crippen molar-refractivity contribution >= 4 is 7.85 Å². The molecule has 2 radical (unpaired) electrons. The van der Waals surface area contributed by atoms with Crippen LogP contribution in [0.5, 0.6) is 0 Å². The third-order valence-corrected chi connectivity index (χ3v) is 3.50. The summed E-state index contributed by atoms with van der Waals surface area (Å²) in [6, 6.07) is 0. The summed E-state index contributed by atoms with van der Waals surface area (Å²) < 4.78 is 0. The predicted octanol–water partition coefficient (Wildman–Crippen LogP) is 0.377. The summed E-state index contributed by atoms with van der Waals surface area (Å²) >= 11 is 0. The van der Waals surface area contributed by atoms with Gasteiger partial charge in [-0.1, -0.05) is 19.3 Å². The number of hydrogen-bond donors (Lipinski definition) is 2. The van der Waals surface area contributed by atoms with Gasteiger partial charge in [0.2, 0.25) is 0 Å². The zero-order valence-corrected chi connectivity index (χ0v) is 6.79. The second kappa shape index (κ2) is 2.24. The third kappa shape index (κ3) is 0.943. The van der Waals surface area contributed by atoms with Crippen LogP contribution in [0.3, 0.4) is 0 Å². The fourth-order valence-corrected chi connectivity index (χ4v) is 2.78. The van der Waals surface area contributed by atoms with Gasteiger partial charge < -0.3 is 11.5 Å². The van der Waals surface area contributed by atoms with Gasteiger partial charge in [0.05, 0.1) is 13.5 Å². The van der Waals surface area contributed by atoms with E-state index in [4.69, 9.17) is 19.3 Å². The fourth-order valence-electron chi connectivity index (χ4n) is 2.78. The zero-order chi connectivity index (χ0) is 8.06. The fraction of sp³-hybridized carbons (Fsp3) is 1.00. The highest BCUT2D eigenvalue weighted by molar-refractivity contribution is 6.12. The van der Waals surface area contributed by atoms with E-state index in [-0.39, 0.29) is 5.82 Å². The molecule has 2 aliphatic rings. The lowest BCUT2D eigenvalue weighted by atomic mass is 9.76. The highest BCUT2D eigenvalue weighted by Gasteiger charge is 2.49. The minimum absolute atomic E-state index is 0.0257. The largest absolute Gasteiger partial charge is 0.314 e. The van der Waals surface area contributed by atoms with Crippen molar-refractivity contribution in [2.24, 2.45) is 23.3 Å². The van der Waals surface area contributed by atoms with E-state index < -0.39 is 5.66 Å². The van der Waals surface area contributed by atoms with Crippen LogP contribution in [0, 0.1) is 11.8 Å². The van der Waals surface area contributed by atoms with Crippen LogP contribution in [0.4, 0.5) is 0 Å². The first-order valence-corrected chi connectivity index (χ1v) is 4.45. The quantitative estimate of drug-likeness (QED) is 0.387. The normalized spacial score (nSPS) is 47.6. The molecule has 2 saturated carbocycles. The minimum Gasteiger partial charge on any atom is -0.314 e. The first kappa shape index (κ1) is 7.62. The third-order valence-electron chi connectivity index (χ3n) is 3.50. The summed E-state index contributed by atoms with van der Waals surface area (Å²) in [6.07, 6.45) is 4.80. The first-order chi connectivity index (χ1) is 5.12. The van der Waals surface area contributed by atoms with Crippen molar-refractivity contribution in [3.63, 3.8) is 0 Å². The molecule has 2 fully saturated rings. The molecule has 0 spiro atoms. The molecule has 0 saturated heterocycles. The maximum absolute atomic E-state index is 5.96. The zero-order valence-electron chi connectivity index (χ0n) is 6.79. The SMILES string of the molecule is [B]C1CC2CCCC2C1(N)N. The lowest BCUT2D eigenvalue weighted by Crippen LogP contribution is -2.55. The summed E-state index contributed by atoms with van der Waals surface area (Å²) in [5.74, 6) is 1.25. The van der Waals surface area contributed by atoms with E-state index in [2.05, 4.69) is 0 Å². The number of hydrogen-bond acceptors (Lipinski definition) is 2. The van der Waals surface area contributed by atoms with Gasteiger partial charge in [-0.15, -0.1) is 0 Å². The average molecular weight is 150 g/mol. The van der Waals surface area contributed by atoms with E-state index >= 15 is 0 Å². The van der Waals surface area contributed by atoms with Crippen LogP contribution in [0.1, 0.15) is 25.7 Å². The monoisotopic (exact) mass is 150 g/mol. The van der Waals surface area contributed by atoms with E-state index in [1.165, 1.54) is 19.3 Å². The topological polar surface area (TPSA) is 52.0 Å². The summed E-state index contributed by atoms with van der Waals surface area (Å²) in [5.41, 5.74) is 11.4. The summed E-state index contributed by atoms with van der Waals surface area (Å²) in [7, 11) is 5.85. The molecule has 0 heterocycles. The minimum atomic E-state index is -0.568. The Kier molecular flexibility index (Phi) is 1.55. The van der Waals surface area contributed by atoms with Crippen molar-refractivity contribution in [2.45, 2.75) is 37.2 Å². The molecule has 3 atom stereocenters. The van der Waals surface area contributed by atoms with Crippen LogP contribution in [-0.4, -0.2) is 13.5 Å². The average Bonchev–Trinajstić information content (AvgIpc) is 2.41. The molecule has 3 unspecified atom stereocenters. The Morgan fingerprint density at radius 1 is 1.27 bits per heavy atom. The lowest BCUT2D eigenvalue weighted by Gasteiger charge is -2.30. The van der Waals surface area contributed by atoms with Gasteiger partial charge in [0, 0.05) is 0 Å². The Labute approximate surface area is 69.1 Å². The Bertz CT molecular complexity index is 169. The summed E-state index contributed by atoms with van der Waals surface area (Å²) in [4.78, 5) is 0. The smallest absolute Gasteiger partial charge is 0.0743 e. The van der Waals surface area contributed by atoms with Crippen molar-refractivity contribution in [3.05, 3.63) is 0 Å². The molecular weight excluding hydrogens is 135 g/mol. The second-order valence-corrected chi connectivity index (χ2v) is 4.14. The predicted molar refractivity (Wildman–Crippen MR) is 46.1 cm³/mol. The van der Waals surface area contributed by atoms with Crippen molar-refractivity contribution < 1.29 is 0 Å². The standard InChI is InChI=1S/C8H15BN2/c9-7-4-5-2-1-3-6(5)8(7,10)11/h5-7H,1-4,10-11H2. The first-order valence-electron chi connectivity index (χ1n) is 4.45.